The lowest BCUT2D eigenvalue weighted by Gasteiger charge is -2.25. The predicted molar refractivity (Wildman–Crippen MR) is 57.9 cm³/mol. The topological polar surface area (TPSA) is 23.5 Å². The molecule has 0 aromatic heterocycles. The molecule has 1 fully saturated rings. The van der Waals surface area contributed by atoms with Crippen LogP contribution in [0.2, 0.25) is 0 Å². The molecule has 0 saturated carbocycles. The quantitative estimate of drug-likeness (QED) is 0.732. The Kier molecular flexibility index (Phi) is 7.29. The van der Waals surface area contributed by atoms with Crippen LogP contribution in [0.15, 0.2) is 0 Å². The molecule has 0 unspecified atom stereocenters. The van der Waals surface area contributed by atoms with Gasteiger partial charge in [-0.05, 0) is 33.1 Å². The maximum Gasteiger partial charge on any atom is 0.0443 e. The molecular formula is C11H25NO. The van der Waals surface area contributed by atoms with Crippen LogP contribution in [0.5, 0.6) is 0 Å². The molecule has 80 valence electrons. The zero-order valence-corrected chi connectivity index (χ0v) is 9.58. The third-order valence-corrected chi connectivity index (χ3v) is 2.71. The highest BCUT2D eigenvalue weighted by Crippen LogP contribution is 2.22. The minimum absolute atomic E-state index is 0.329. The Balaban J connectivity index is 0.000000671. The van der Waals surface area contributed by atoms with E-state index < -0.39 is 0 Å². The molecule has 2 heteroatoms. The van der Waals surface area contributed by atoms with Crippen molar-refractivity contribution in [3.8, 4) is 0 Å². The molecule has 0 aromatic carbocycles. The Morgan fingerprint density at radius 2 is 1.62 bits per heavy atom. The number of nitrogens with zero attached hydrogens (tertiary/aromatic N) is 1. The van der Waals surface area contributed by atoms with Crippen LogP contribution >= 0.6 is 0 Å². The monoisotopic (exact) mass is 187 g/mol. The molecule has 13 heavy (non-hydrogen) atoms. The number of hydrogen-bond donors (Lipinski definition) is 1. The van der Waals surface area contributed by atoms with Gasteiger partial charge in [0.1, 0.15) is 0 Å². The molecule has 1 rings (SSSR count). The van der Waals surface area contributed by atoms with Gasteiger partial charge >= 0.3 is 0 Å². The fraction of sp³-hybridized carbons (Fsp3) is 1.00. The Bertz CT molecular complexity index is 107. The van der Waals surface area contributed by atoms with Crippen molar-refractivity contribution in [2.75, 3.05) is 13.2 Å². The molecular weight excluding hydrogens is 162 g/mol. The third kappa shape index (κ3) is 4.10. The summed E-state index contributed by atoms with van der Waals surface area (Å²) in [6, 6.07) is 1.47. The second kappa shape index (κ2) is 7.34. The van der Waals surface area contributed by atoms with Crippen molar-refractivity contribution in [3.05, 3.63) is 0 Å². The van der Waals surface area contributed by atoms with Crippen LogP contribution < -0.4 is 0 Å². The highest BCUT2D eigenvalue weighted by molar-refractivity contribution is 4.81. The Morgan fingerprint density at radius 1 is 1.15 bits per heavy atom. The van der Waals surface area contributed by atoms with Gasteiger partial charge in [0.25, 0.3) is 0 Å². The SMILES string of the molecule is CC.C[C@@H]1CC[C@H](C)N1CCCO. The van der Waals surface area contributed by atoms with Gasteiger partial charge in [0.15, 0.2) is 0 Å². The number of rotatable bonds is 3. The van der Waals surface area contributed by atoms with Gasteiger partial charge in [-0.2, -0.15) is 0 Å². The van der Waals surface area contributed by atoms with Crippen molar-refractivity contribution < 1.29 is 5.11 Å². The first kappa shape index (κ1) is 12.9. The van der Waals surface area contributed by atoms with E-state index in [-0.39, 0.29) is 0 Å². The molecule has 0 radical (unpaired) electrons. The van der Waals surface area contributed by atoms with E-state index in [4.69, 9.17) is 5.11 Å². The number of aliphatic hydroxyl groups is 1. The summed E-state index contributed by atoms with van der Waals surface area (Å²) >= 11 is 0. The van der Waals surface area contributed by atoms with Crippen LogP contribution in [-0.2, 0) is 0 Å². The lowest BCUT2D eigenvalue weighted by molar-refractivity contribution is 0.186. The normalized spacial score (nSPS) is 28.4. The molecule has 0 amide bonds. The van der Waals surface area contributed by atoms with Gasteiger partial charge in [0.2, 0.25) is 0 Å². The molecule has 1 heterocycles. The first-order valence-electron chi connectivity index (χ1n) is 5.62. The van der Waals surface area contributed by atoms with E-state index in [2.05, 4.69) is 18.7 Å². The van der Waals surface area contributed by atoms with E-state index in [0.29, 0.717) is 6.61 Å². The third-order valence-electron chi connectivity index (χ3n) is 2.71. The molecule has 0 bridgehead atoms. The average molecular weight is 187 g/mol. The predicted octanol–water partition coefficient (Wildman–Crippen LogP) is 2.27. The van der Waals surface area contributed by atoms with Gasteiger partial charge in [-0.15, -0.1) is 0 Å². The fourth-order valence-electron chi connectivity index (χ4n) is 1.94. The zero-order valence-electron chi connectivity index (χ0n) is 9.58. The smallest absolute Gasteiger partial charge is 0.0443 e. The van der Waals surface area contributed by atoms with Crippen molar-refractivity contribution in [1.29, 1.82) is 0 Å². The first-order chi connectivity index (χ1) is 6.25. The summed E-state index contributed by atoms with van der Waals surface area (Å²) in [6.45, 7) is 9.95. The fourth-order valence-corrected chi connectivity index (χ4v) is 1.94. The van der Waals surface area contributed by atoms with Crippen LogP contribution in [0.3, 0.4) is 0 Å². The largest absolute Gasteiger partial charge is 0.396 e. The van der Waals surface area contributed by atoms with E-state index >= 15 is 0 Å². The van der Waals surface area contributed by atoms with E-state index in [1.165, 1.54) is 12.8 Å². The lowest BCUT2D eigenvalue weighted by atomic mass is 10.2. The van der Waals surface area contributed by atoms with Crippen molar-refractivity contribution in [2.45, 2.75) is 59.0 Å². The van der Waals surface area contributed by atoms with Crippen LogP contribution in [0.1, 0.15) is 47.0 Å². The van der Waals surface area contributed by atoms with Gasteiger partial charge in [0, 0.05) is 25.2 Å². The second-order valence-electron chi connectivity index (χ2n) is 3.59. The first-order valence-corrected chi connectivity index (χ1v) is 5.62. The van der Waals surface area contributed by atoms with Crippen molar-refractivity contribution in [3.63, 3.8) is 0 Å². The minimum Gasteiger partial charge on any atom is -0.396 e. The number of hydrogen-bond acceptors (Lipinski definition) is 2. The summed E-state index contributed by atoms with van der Waals surface area (Å²) in [4.78, 5) is 2.50. The van der Waals surface area contributed by atoms with Gasteiger partial charge in [-0.25, -0.2) is 0 Å². The maximum atomic E-state index is 8.67. The highest BCUT2D eigenvalue weighted by Gasteiger charge is 2.25. The summed E-state index contributed by atoms with van der Waals surface area (Å²) in [5.74, 6) is 0. The van der Waals surface area contributed by atoms with E-state index in [1.54, 1.807) is 0 Å². The minimum atomic E-state index is 0.329. The maximum absolute atomic E-state index is 8.67. The van der Waals surface area contributed by atoms with E-state index in [0.717, 1.165) is 25.0 Å². The molecule has 1 N–H and O–H groups in total. The average Bonchev–Trinajstić information content (AvgIpc) is 2.47. The van der Waals surface area contributed by atoms with Crippen molar-refractivity contribution in [2.24, 2.45) is 0 Å². The Hall–Kier alpha value is -0.0800. The summed E-state index contributed by atoms with van der Waals surface area (Å²) < 4.78 is 0. The van der Waals surface area contributed by atoms with Crippen LogP contribution in [0.4, 0.5) is 0 Å². The molecule has 0 aromatic rings. The summed E-state index contributed by atoms with van der Waals surface area (Å²) in [7, 11) is 0. The molecule has 2 atom stereocenters. The Labute approximate surface area is 82.9 Å². The Morgan fingerprint density at radius 3 is 2.00 bits per heavy atom. The van der Waals surface area contributed by atoms with Crippen LogP contribution in [-0.4, -0.2) is 35.2 Å². The second-order valence-corrected chi connectivity index (χ2v) is 3.59. The van der Waals surface area contributed by atoms with Crippen LogP contribution in [0, 0.1) is 0 Å². The zero-order chi connectivity index (χ0) is 10.3. The van der Waals surface area contributed by atoms with Crippen molar-refractivity contribution >= 4 is 0 Å². The van der Waals surface area contributed by atoms with E-state index in [9.17, 15) is 0 Å². The standard InChI is InChI=1S/C9H19NO.C2H6/c1-8-4-5-9(2)10(8)6-3-7-11;1-2/h8-9,11H,3-7H2,1-2H3;1-2H3/t8-,9+;. The summed E-state index contributed by atoms with van der Waals surface area (Å²) in [5, 5.41) is 8.67. The molecule has 1 aliphatic rings. The van der Waals surface area contributed by atoms with Gasteiger partial charge < -0.3 is 5.11 Å². The highest BCUT2D eigenvalue weighted by atomic mass is 16.3. The van der Waals surface area contributed by atoms with Gasteiger partial charge in [-0.3, -0.25) is 4.90 Å². The summed E-state index contributed by atoms with van der Waals surface area (Å²) in [6.07, 6.45) is 3.58. The summed E-state index contributed by atoms with van der Waals surface area (Å²) in [5.41, 5.74) is 0. The van der Waals surface area contributed by atoms with Gasteiger partial charge in [0.05, 0.1) is 0 Å². The molecule has 0 aliphatic carbocycles. The van der Waals surface area contributed by atoms with E-state index in [1.807, 2.05) is 13.8 Å². The number of aliphatic hydroxyl groups excluding tert-OH is 1. The molecule has 1 saturated heterocycles. The van der Waals surface area contributed by atoms with Gasteiger partial charge in [-0.1, -0.05) is 13.8 Å². The molecule has 1 aliphatic heterocycles. The lowest BCUT2D eigenvalue weighted by Crippen LogP contribution is -2.33. The molecule has 2 nitrogen and oxygen atoms in total. The van der Waals surface area contributed by atoms with Crippen molar-refractivity contribution in [1.82, 2.24) is 4.90 Å². The van der Waals surface area contributed by atoms with Crippen LogP contribution in [0.25, 0.3) is 0 Å². The molecule has 0 spiro atoms. The number of likely N-dealkylation sites (tertiary alicyclic amines) is 1.